The summed E-state index contributed by atoms with van der Waals surface area (Å²) in [6, 6.07) is 13.9. The third-order valence-electron chi connectivity index (χ3n) is 6.46. The second kappa shape index (κ2) is 8.09. The number of carbonyl (C=O) groups excluding carboxylic acids is 1. The number of imidazole rings is 1. The van der Waals surface area contributed by atoms with Crippen LogP contribution in [0, 0.1) is 5.92 Å². The summed E-state index contributed by atoms with van der Waals surface area (Å²) in [5, 5.41) is 11.5. The van der Waals surface area contributed by atoms with E-state index < -0.39 is 0 Å². The summed E-state index contributed by atoms with van der Waals surface area (Å²) in [5.74, 6) is 0.827. The highest BCUT2D eigenvalue weighted by molar-refractivity contribution is 5.98. The molecule has 7 rings (SSSR count). The van der Waals surface area contributed by atoms with E-state index in [9.17, 15) is 4.79 Å². The van der Waals surface area contributed by atoms with Crippen molar-refractivity contribution in [2.75, 3.05) is 5.32 Å². The largest absolute Gasteiger partial charge is 0.335 e. The fourth-order valence-electron chi connectivity index (χ4n) is 4.43. The van der Waals surface area contributed by atoms with Crippen molar-refractivity contribution in [3.8, 4) is 33.8 Å². The number of nitrogens with zero attached hydrogens (tertiary/aromatic N) is 5. The van der Waals surface area contributed by atoms with Gasteiger partial charge in [0.15, 0.2) is 11.5 Å². The van der Waals surface area contributed by atoms with Crippen LogP contribution in [0.25, 0.3) is 55.8 Å². The molecule has 174 valence electrons. The summed E-state index contributed by atoms with van der Waals surface area (Å²) in [4.78, 5) is 33.3. The molecule has 0 spiro atoms. The lowest BCUT2D eigenvalue weighted by Gasteiger charge is -2.07. The Morgan fingerprint density at radius 1 is 0.917 bits per heavy atom. The molecule has 0 unspecified atom stereocenters. The Morgan fingerprint density at radius 3 is 2.67 bits per heavy atom. The lowest BCUT2D eigenvalue weighted by molar-refractivity contribution is -0.117. The number of hydrogen-bond acceptors (Lipinski definition) is 6. The highest BCUT2D eigenvalue weighted by Gasteiger charge is 2.29. The number of rotatable bonds is 5. The summed E-state index contributed by atoms with van der Waals surface area (Å²) in [7, 11) is 0. The van der Waals surface area contributed by atoms with Gasteiger partial charge in [0.2, 0.25) is 5.91 Å². The fourth-order valence-corrected chi connectivity index (χ4v) is 4.43. The number of nitrogens with one attached hydrogen (secondary N) is 3. The molecule has 0 aliphatic heterocycles. The quantitative estimate of drug-likeness (QED) is 0.325. The fraction of sp³-hybridized carbons (Fsp3) is 0.111. The van der Waals surface area contributed by atoms with Gasteiger partial charge >= 0.3 is 0 Å². The maximum atomic E-state index is 12.2. The summed E-state index contributed by atoms with van der Waals surface area (Å²) < 4.78 is 0. The Balaban J connectivity index is 1.28. The molecule has 3 N–H and O–H groups in total. The Bertz CT molecular complexity index is 1750. The summed E-state index contributed by atoms with van der Waals surface area (Å²) in [6.45, 7) is 0. The molecule has 5 aromatic heterocycles. The monoisotopic (exact) mass is 472 g/mol. The average molecular weight is 473 g/mol. The summed E-state index contributed by atoms with van der Waals surface area (Å²) in [6.07, 6.45) is 10.7. The molecule has 0 atom stereocenters. The number of aromatic amines is 2. The molecule has 0 saturated heterocycles. The zero-order valence-corrected chi connectivity index (χ0v) is 19.1. The van der Waals surface area contributed by atoms with E-state index in [2.05, 4.69) is 41.5 Å². The molecular weight excluding hydrogens is 452 g/mol. The molecule has 0 radical (unpaired) electrons. The van der Waals surface area contributed by atoms with E-state index >= 15 is 0 Å². The first-order valence-corrected chi connectivity index (χ1v) is 11.7. The van der Waals surface area contributed by atoms with Crippen molar-refractivity contribution < 1.29 is 4.79 Å². The number of aromatic nitrogens is 7. The third-order valence-corrected chi connectivity index (χ3v) is 6.46. The second-order valence-corrected chi connectivity index (χ2v) is 8.94. The Hall–Kier alpha value is -4.92. The number of benzene rings is 1. The van der Waals surface area contributed by atoms with E-state index in [1.54, 1.807) is 31.0 Å². The van der Waals surface area contributed by atoms with Gasteiger partial charge in [-0.2, -0.15) is 5.10 Å². The van der Waals surface area contributed by atoms with Crippen LogP contribution in [0.3, 0.4) is 0 Å². The molecule has 9 nitrogen and oxygen atoms in total. The molecule has 9 heteroatoms. The number of amides is 1. The third kappa shape index (κ3) is 3.58. The van der Waals surface area contributed by atoms with Crippen molar-refractivity contribution >= 4 is 33.7 Å². The first-order valence-electron chi connectivity index (χ1n) is 11.7. The molecule has 1 aromatic carbocycles. The predicted molar refractivity (Wildman–Crippen MR) is 137 cm³/mol. The number of fused-ring (bicyclic) bond motifs is 2. The van der Waals surface area contributed by atoms with Crippen LogP contribution in [-0.4, -0.2) is 41.0 Å². The Kier molecular flexibility index (Phi) is 4.60. The van der Waals surface area contributed by atoms with E-state index in [1.807, 2.05) is 36.4 Å². The van der Waals surface area contributed by atoms with Crippen molar-refractivity contribution in [2.24, 2.45) is 5.92 Å². The van der Waals surface area contributed by atoms with E-state index in [4.69, 9.17) is 4.98 Å². The van der Waals surface area contributed by atoms with Gasteiger partial charge in [-0.15, -0.1) is 0 Å². The van der Waals surface area contributed by atoms with Gasteiger partial charge in [0, 0.05) is 47.2 Å². The van der Waals surface area contributed by atoms with Gasteiger partial charge in [0.05, 0.1) is 22.9 Å². The number of pyridine rings is 3. The molecule has 5 heterocycles. The lowest BCUT2D eigenvalue weighted by Crippen LogP contribution is -2.13. The highest BCUT2D eigenvalue weighted by Crippen LogP contribution is 2.33. The number of anilines is 1. The molecule has 1 aliphatic rings. The molecule has 36 heavy (non-hydrogen) atoms. The van der Waals surface area contributed by atoms with Crippen LogP contribution in [0.4, 0.5) is 5.69 Å². The van der Waals surface area contributed by atoms with Gasteiger partial charge in [-0.05, 0) is 60.4 Å². The van der Waals surface area contributed by atoms with Crippen LogP contribution in [-0.2, 0) is 4.79 Å². The molecule has 0 bridgehead atoms. The van der Waals surface area contributed by atoms with Crippen LogP contribution in [0.15, 0.2) is 73.4 Å². The zero-order chi connectivity index (χ0) is 24.1. The van der Waals surface area contributed by atoms with Crippen molar-refractivity contribution in [3.63, 3.8) is 0 Å². The van der Waals surface area contributed by atoms with Crippen molar-refractivity contribution in [1.29, 1.82) is 0 Å². The first-order chi connectivity index (χ1) is 17.7. The van der Waals surface area contributed by atoms with Crippen LogP contribution in [0.1, 0.15) is 12.8 Å². The molecular formula is C27H20N8O. The van der Waals surface area contributed by atoms with Gasteiger partial charge in [-0.1, -0.05) is 6.07 Å². The first kappa shape index (κ1) is 20.5. The van der Waals surface area contributed by atoms with Gasteiger partial charge in [-0.3, -0.25) is 19.9 Å². The molecule has 1 aliphatic carbocycles. The molecule has 1 fully saturated rings. The van der Waals surface area contributed by atoms with Crippen molar-refractivity contribution in [3.05, 3.63) is 73.4 Å². The number of carbonyl (C=O) groups is 1. The van der Waals surface area contributed by atoms with Crippen molar-refractivity contribution in [1.82, 2.24) is 35.1 Å². The minimum atomic E-state index is 0.0613. The maximum Gasteiger partial charge on any atom is 0.227 e. The summed E-state index contributed by atoms with van der Waals surface area (Å²) >= 11 is 0. The lowest BCUT2D eigenvalue weighted by atomic mass is 10.0. The number of hydrogen-bond donors (Lipinski definition) is 3. The minimum absolute atomic E-state index is 0.0613. The molecule has 6 aromatic rings. The highest BCUT2D eigenvalue weighted by atomic mass is 16.2. The Morgan fingerprint density at radius 2 is 1.81 bits per heavy atom. The van der Waals surface area contributed by atoms with Crippen LogP contribution in [0.5, 0.6) is 0 Å². The van der Waals surface area contributed by atoms with Crippen molar-refractivity contribution in [2.45, 2.75) is 12.8 Å². The molecule has 1 amide bonds. The zero-order valence-electron chi connectivity index (χ0n) is 19.1. The van der Waals surface area contributed by atoms with Gasteiger partial charge in [0.25, 0.3) is 0 Å². The standard InChI is InChI=1S/C27H20N8O/c36-27(16-1-2-16)31-19-11-18(13-29-14-19)17-3-4-22-21(12-17)24(35-34-22)26-32-23-20(7-10-30-25(23)33-26)15-5-8-28-9-6-15/h3-14,16H,1-2H2,(H,31,36)(H,34,35)(H,30,32,33). The van der Waals surface area contributed by atoms with Crippen LogP contribution >= 0.6 is 0 Å². The van der Waals surface area contributed by atoms with E-state index in [1.165, 1.54) is 0 Å². The van der Waals surface area contributed by atoms with Crippen LogP contribution < -0.4 is 5.32 Å². The predicted octanol–water partition coefficient (Wildman–Crippen LogP) is 4.97. The normalized spacial score (nSPS) is 13.3. The van der Waals surface area contributed by atoms with E-state index in [-0.39, 0.29) is 11.8 Å². The summed E-state index contributed by atoms with van der Waals surface area (Å²) in [5.41, 5.74) is 7.66. The number of H-pyrrole nitrogens is 2. The smallest absolute Gasteiger partial charge is 0.227 e. The van der Waals surface area contributed by atoms with Gasteiger partial charge in [0.1, 0.15) is 5.69 Å². The minimum Gasteiger partial charge on any atom is -0.335 e. The van der Waals surface area contributed by atoms with E-state index in [0.29, 0.717) is 22.9 Å². The SMILES string of the molecule is O=C(Nc1cncc(-c2ccc3[nH]nc(-c4nc5nccc(-c6ccncc6)c5[nH]4)c3c2)c1)C1CC1. The Labute approximate surface area is 205 Å². The molecule has 1 saturated carbocycles. The average Bonchev–Trinajstić information content (AvgIpc) is 3.55. The van der Waals surface area contributed by atoms with Crippen LogP contribution in [0.2, 0.25) is 0 Å². The topological polar surface area (TPSA) is 125 Å². The van der Waals surface area contributed by atoms with Gasteiger partial charge in [-0.25, -0.2) is 9.97 Å². The van der Waals surface area contributed by atoms with Gasteiger partial charge < -0.3 is 10.3 Å². The maximum absolute atomic E-state index is 12.2. The van der Waals surface area contributed by atoms with E-state index in [0.717, 1.165) is 51.5 Å². The second-order valence-electron chi connectivity index (χ2n) is 8.94.